The summed E-state index contributed by atoms with van der Waals surface area (Å²) in [4.78, 5) is 17.8. The van der Waals surface area contributed by atoms with Gasteiger partial charge < -0.3 is 14.6 Å². The smallest absolute Gasteiger partial charge is 0.265 e. The number of nitriles is 1. The second kappa shape index (κ2) is 8.43. The minimum absolute atomic E-state index is 0.273. The van der Waals surface area contributed by atoms with Gasteiger partial charge >= 0.3 is 0 Å². The molecule has 3 aromatic rings. The second-order valence-corrected chi connectivity index (χ2v) is 6.82. The average molecular weight is 378 g/mol. The lowest BCUT2D eigenvalue weighted by atomic mass is 10.2. The summed E-state index contributed by atoms with van der Waals surface area (Å²) in [5.74, 6) is 0.206. The third-order valence-corrected chi connectivity index (χ3v) is 4.92. The minimum Gasteiger partial charge on any atom is -0.481 e. The van der Waals surface area contributed by atoms with Crippen molar-refractivity contribution < 1.29 is 9.53 Å². The normalized spacial score (nSPS) is 11.4. The van der Waals surface area contributed by atoms with Crippen molar-refractivity contribution in [2.75, 3.05) is 5.32 Å². The van der Waals surface area contributed by atoms with E-state index < -0.39 is 6.10 Å². The molecule has 27 heavy (non-hydrogen) atoms. The molecule has 0 saturated heterocycles. The number of hydrogen-bond donors (Lipinski definition) is 1. The Morgan fingerprint density at radius 2 is 2.11 bits per heavy atom. The zero-order valence-corrected chi connectivity index (χ0v) is 15.7. The third-order valence-electron chi connectivity index (χ3n) is 3.77. The Morgan fingerprint density at radius 1 is 1.30 bits per heavy atom. The Balaban J connectivity index is 1.70. The number of para-hydroxylation sites is 1. The maximum Gasteiger partial charge on any atom is 0.265 e. The van der Waals surface area contributed by atoms with E-state index in [1.165, 1.54) is 11.8 Å². The molecule has 1 atom stereocenters. The molecular weight excluding hydrogens is 360 g/mol. The predicted molar refractivity (Wildman–Crippen MR) is 104 cm³/mol. The van der Waals surface area contributed by atoms with Gasteiger partial charge in [-0.1, -0.05) is 18.2 Å². The van der Waals surface area contributed by atoms with Crippen molar-refractivity contribution in [2.45, 2.75) is 23.1 Å². The summed E-state index contributed by atoms with van der Waals surface area (Å²) in [6.45, 7) is 1.67. The highest BCUT2D eigenvalue weighted by Crippen LogP contribution is 2.32. The number of rotatable bonds is 6. The van der Waals surface area contributed by atoms with Crippen LogP contribution in [0, 0.1) is 11.3 Å². The lowest BCUT2D eigenvalue weighted by molar-refractivity contribution is -0.122. The SMILES string of the molecule is CC(Oc1cccc(C#N)c1)C(=O)Nc1ccccc1Sc1nccn1C. The van der Waals surface area contributed by atoms with E-state index in [0.29, 0.717) is 17.0 Å². The van der Waals surface area contributed by atoms with Crippen molar-refractivity contribution in [3.05, 3.63) is 66.5 Å². The molecule has 2 aromatic carbocycles. The van der Waals surface area contributed by atoms with Crippen molar-refractivity contribution in [1.82, 2.24) is 9.55 Å². The molecule has 3 rings (SSSR count). The molecule has 1 N–H and O–H groups in total. The Labute approximate surface area is 161 Å². The topological polar surface area (TPSA) is 79.9 Å². The molecule has 0 aliphatic carbocycles. The highest BCUT2D eigenvalue weighted by Gasteiger charge is 2.17. The molecule has 0 spiro atoms. The Kier molecular flexibility index (Phi) is 5.79. The fraction of sp³-hybridized carbons (Fsp3) is 0.150. The number of amides is 1. The van der Waals surface area contributed by atoms with Gasteiger partial charge in [0.25, 0.3) is 5.91 Å². The van der Waals surface area contributed by atoms with Crippen LogP contribution in [0.2, 0.25) is 0 Å². The largest absolute Gasteiger partial charge is 0.481 e. The van der Waals surface area contributed by atoms with Crippen LogP contribution in [0.25, 0.3) is 0 Å². The van der Waals surface area contributed by atoms with E-state index in [9.17, 15) is 4.79 Å². The third kappa shape index (κ3) is 4.68. The first-order valence-corrected chi connectivity index (χ1v) is 9.10. The molecule has 136 valence electrons. The lowest BCUT2D eigenvalue weighted by Gasteiger charge is -2.16. The van der Waals surface area contributed by atoms with Crippen LogP contribution in [-0.2, 0) is 11.8 Å². The van der Waals surface area contributed by atoms with Crippen molar-refractivity contribution in [3.63, 3.8) is 0 Å². The number of carbonyl (C=O) groups is 1. The number of benzene rings is 2. The number of nitrogens with one attached hydrogen (secondary N) is 1. The van der Waals surface area contributed by atoms with Crippen molar-refractivity contribution in [1.29, 1.82) is 5.26 Å². The lowest BCUT2D eigenvalue weighted by Crippen LogP contribution is -2.30. The van der Waals surface area contributed by atoms with E-state index in [1.54, 1.807) is 37.4 Å². The van der Waals surface area contributed by atoms with Crippen LogP contribution in [0.3, 0.4) is 0 Å². The van der Waals surface area contributed by atoms with Gasteiger partial charge in [0.1, 0.15) is 5.75 Å². The van der Waals surface area contributed by atoms with E-state index >= 15 is 0 Å². The molecule has 1 amide bonds. The van der Waals surface area contributed by atoms with Crippen LogP contribution in [0.15, 0.2) is 71.0 Å². The number of hydrogen-bond acceptors (Lipinski definition) is 5. The molecule has 0 fully saturated rings. The van der Waals surface area contributed by atoms with Gasteiger partial charge in [0, 0.05) is 24.3 Å². The molecule has 0 radical (unpaired) electrons. The first-order valence-electron chi connectivity index (χ1n) is 8.28. The van der Waals surface area contributed by atoms with Crippen LogP contribution in [0.5, 0.6) is 5.75 Å². The fourth-order valence-electron chi connectivity index (χ4n) is 2.34. The molecule has 0 aliphatic heterocycles. The van der Waals surface area contributed by atoms with Crippen LogP contribution in [-0.4, -0.2) is 21.6 Å². The first-order chi connectivity index (χ1) is 13.1. The summed E-state index contributed by atoms with van der Waals surface area (Å²) < 4.78 is 7.58. The summed E-state index contributed by atoms with van der Waals surface area (Å²) in [6.07, 6.45) is 2.88. The van der Waals surface area contributed by atoms with Crippen LogP contribution >= 0.6 is 11.8 Å². The van der Waals surface area contributed by atoms with Gasteiger partial charge in [-0.3, -0.25) is 4.79 Å². The number of aromatic nitrogens is 2. The van der Waals surface area contributed by atoms with E-state index in [4.69, 9.17) is 10.00 Å². The van der Waals surface area contributed by atoms with Gasteiger partial charge in [0.15, 0.2) is 11.3 Å². The maximum absolute atomic E-state index is 12.6. The number of ether oxygens (including phenoxy) is 1. The quantitative estimate of drug-likeness (QED) is 0.705. The molecule has 1 heterocycles. The minimum atomic E-state index is -0.717. The number of aryl methyl sites for hydroxylation is 1. The van der Waals surface area contributed by atoms with E-state index in [0.717, 1.165) is 10.1 Å². The maximum atomic E-state index is 12.6. The highest BCUT2D eigenvalue weighted by molar-refractivity contribution is 7.99. The molecular formula is C20H18N4O2S. The van der Waals surface area contributed by atoms with Gasteiger partial charge in [0.2, 0.25) is 0 Å². The summed E-state index contributed by atoms with van der Waals surface area (Å²) in [5, 5.41) is 12.7. The first kappa shape index (κ1) is 18.5. The van der Waals surface area contributed by atoms with Gasteiger partial charge in [-0.25, -0.2) is 4.98 Å². The fourth-order valence-corrected chi connectivity index (χ4v) is 3.23. The second-order valence-electron chi connectivity index (χ2n) is 5.81. The van der Waals surface area contributed by atoms with E-state index in [2.05, 4.69) is 16.4 Å². The summed E-state index contributed by atoms with van der Waals surface area (Å²) in [6, 6.07) is 16.3. The van der Waals surface area contributed by atoms with Crippen molar-refractivity contribution in [3.8, 4) is 11.8 Å². The monoisotopic (exact) mass is 378 g/mol. The molecule has 0 saturated carbocycles. The Morgan fingerprint density at radius 3 is 2.85 bits per heavy atom. The molecule has 0 aliphatic rings. The number of carbonyl (C=O) groups excluding carboxylic acids is 1. The van der Waals surface area contributed by atoms with E-state index in [1.807, 2.05) is 42.1 Å². The summed E-state index contributed by atoms with van der Waals surface area (Å²) >= 11 is 1.47. The molecule has 6 nitrogen and oxygen atoms in total. The zero-order valence-electron chi connectivity index (χ0n) is 14.9. The average Bonchev–Trinajstić information content (AvgIpc) is 3.08. The van der Waals surface area contributed by atoms with Crippen molar-refractivity contribution in [2.24, 2.45) is 7.05 Å². The summed E-state index contributed by atoms with van der Waals surface area (Å²) in [7, 11) is 1.92. The molecule has 7 heteroatoms. The predicted octanol–water partition coefficient (Wildman–Crippen LogP) is 3.85. The summed E-state index contributed by atoms with van der Waals surface area (Å²) in [5.41, 5.74) is 1.17. The van der Waals surface area contributed by atoms with Gasteiger partial charge in [-0.2, -0.15) is 5.26 Å². The Bertz CT molecular complexity index is 993. The van der Waals surface area contributed by atoms with Crippen LogP contribution in [0.1, 0.15) is 12.5 Å². The van der Waals surface area contributed by atoms with Crippen molar-refractivity contribution >= 4 is 23.4 Å². The zero-order chi connectivity index (χ0) is 19.2. The van der Waals surface area contributed by atoms with Gasteiger partial charge in [-0.15, -0.1) is 0 Å². The van der Waals surface area contributed by atoms with Gasteiger partial charge in [-0.05, 0) is 49.0 Å². The highest BCUT2D eigenvalue weighted by atomic mass is 32.2. The number of imidazole rings is 1. The number of nitrogens with zero attached hydrogens (tertiary/aromatic N) is 3. The Hall–Kier alpha value is -3.24. The molecule has 0 bridgehead atoms. The molecule has 1 unspecified atom stereocenters. The van der Waals surface area contributed by atoms with Gasteiger partial charge in [0.05, 0.1) is 17.3 Å². The van der Waals surface area contributed by atoms with Crippen LogP contribution < -0.4 is 10.1 Å². The van der Waals surface area contributed by atoms with E-state index in [-0.39, 0.29) is 5.91 Å². The standard InChI is InChI=1S/C20H18N4O2S/c1-14(26-16-7-5-6-15(12-16)13-21)19(25)23-17-8-3-4-9-18(17)27-20-22-10-11-24(20)2/h3-12,14H,1-2H3,(H,23,25). The van der Waals surface area contributed by atoms with Crippen LogP contribution in [0.4, 0.5) is 5.69 Å². The number of anilines is 1. The molecule has 1 aromatic heterocycles.